The third kappa shape index (κ3) is 2.42. The minimum absolute atomic E-state index is 0.298. The van der Waals surface area contributed by atoms with Crippen molar-refractivity contribution in [3.05, 3.63) is 48.2 Å². The minimum Gasteiger partial charge on any atom is -0.321 e. The van der Waals surface area contributed by atoms with Gasteiger partial charge < -0.3 is 4.57 Å². The number of hydrogen-bond donors (Lipinski definition) is 0. The van der Waals surface area contributed by atoms with E-state index in [-0.39, 0.29) is 5.92 Å². The summed E-state index contributed by atoms with van der Waals surface area (Å²) in [6.07, 6.45) is 1.62. The Hall–Kier alpha value is -2.81. The van der Waals surface area contributed by atoms with Crippen molar-refractivity contribution < 1.29 is 8.78 Å². The van der Waals surface area contributed by atoms with Gasteiger partial charge in [-0.3, -0.25) is 4.98 Å². The van der Waals surface area contributed by atoms with Crippen LogP contribution in [0.5, 0.6) is 0 Å². The summed E-state index contributed by atoms with van der Waals surface area (Å²) < 4.78 is 28.7. The maximum absolute atomic E-state index is 13.6. The van der Waals surface area contributed by atoms with Gasteiger partial charge in [0.15, 0.2) is 17.5 Å². The molecule has 3 aromatic rings. The lowest BCUT2D eigenvalue weighted by Crippen LogP contribution is -2.08. The van der Waals surface area contributed by atoms with Crippen molar-refractivity contribution in [3.8, 4) is 17.6 Å². The normalized spacial score (nSPS) is 12.3. The van der Waals surface area contributed by atoms with E-state index in [0.29, 0.717) is 29.1 Å². The number of benzene rings is 1. The first-order valence-electron chi connectivity index (χ1n) is 6.76. The molecule has 4 nitrogen and oxygen atoms in total. The lowest BCUT2D eigenvalue weighted by atomic mass is 10.2. The topological polar surface area (TPSA) is 54.5 Å². The van der Waals surface area contributed by atoms with Gasteiger partial charge in [0, 0.05) is 24.9 Å². The number of imidazole rings is 1. The van der Waals surface area contributed by atoms with Crippen LogP contribution in [0.1, 0.15) is 6.92 Å². The van der Waals surface area contributed by atoms with Crippen LogP contribution in [-0.2, 0) is 6.54 Å². The number of rotatable bonds is 3. The summed E-state index contributed by atoms with van der Waals surface area (Å²) in [5.41, 5.74) is 1.37. The first kappa shape index (κ1) is 14.1. The predicted molar refractivity (Wildman–Crippen MR) is 77.7 cm³/mol. The molecule has 0 saturated heterocycles. The highest BCUT2D eigenvalue weighted by Crippen LogP contribution is 2.26. The molecule has 1 aromatic carbocycles. The van der Waals surface area contributed by atoms with E-state index in [1.807, 2.05) is 0 Å². The maximum atomic E-state index is 13.6. The molecule has 0 saturated carbocycles. The third-order valence-corrected chi connectivity index (χ3v) is 3.36. The van der Waals surface area contributed by atoms with Crippen molar-refractivity contribution in [1.29, 1.82) is 5.26 Å². The quantitative estimate of drug-likeness (QED) is 0.743. The summed E-state index contributed by atoms with van der Waals surface area (Å²) in [4.78, 5) is 8.59. The Labute approximate surface area is 125 Å². The standard InChI is InChI=1S/C16H12F2N4/c1-10(8-19)9-22-15-7-12(18)11(17)6-14(15)21-16(22)13-4-2-3-5-20-13/h2-7,10H,9H2,1H3. The molecule has 1 atom stereocenters. The number of halogens is 2. The van der Waals surface area contributed by atoms with Crippen LogP contribution in [0.3, 0.4) is 0 Å². The van der Waals surface area contributed by atoms with Gasteiger partial charge in [-0.25, -0.2) is 13.8 Å². The highest BCUT2D eigenvalue weighted by atomic mass is 19.2. The van der Waals surface area contributed by atoms with Crippen molar-refractivity contribution in [2.75, 3.05) is 0 Å². The number of pyridine rings is 1. The molecule has 0 aliphatic rings. The zero-order chi connectivity index (χ0) is 15.7. The van der Waals surface area contributed by atoms with Gasteiger partial charge in [-0.05, 0) is 19.1 Å². The first-order chi connectivity index (χ1) is 10.6. The lowest BCUT2D eigenvalue weighted by Gasteiger charge is -2.10. The molecule has 0 fully saturated rings. The first-order valence-corrected chi connectivity index (χ1v) is 6.76. The van der Waals surface area contributed by atoms with Gasteiger partial charge in [0.05, 0.1) is 23.0 Å². The molecule has 0 aliphatic carbocycles. The molecule has 3 rings (SSSR count). The molecular weight excluding hydrogens is 286 g/mol. The Morgan fingerprint density at radius 2 is 2.05 bits per heavy atom. The summed E-state index contributed by atoms with van der Waals surface area (Å²) in [5, 5.41) is 9.03. The molecule has 1 unspecified atom stereocenters. The molecule has 22 heavy (non-hydrogen) atoms. The van der Waals surface area contributed by atoms with E-state index in [4.69, 9.17) is 5.26 Å². The Balaban J connectivity index is 2.26. The molecule has 110 valence electrons. The largest absolute Gasteiger partial charge is 0.321 e. The van der Waals surface area contributed by atoms with E-state index >= 15 is 0 Å². The van der Waals surface area contributed by atoms with Crippen LogP contribution >= 0.6 is 0 Å². The summed E-state index contributed by atoms with van der Waals surface area (Å²) in [6, 6.07) is 9.64. The second-order valence-corrected chi connectivity index (χ2v) is 5.05. The van der Waals surface area contributed by atoms with Gasteiger partial charge in [-0.2, -0.15) is 5.26 Å². The molecule has 2 heterocycles. The van der Waals surface area contributed by atoms with E-state index in [1.165, 1.54) is 0 Å². The van der Waals surface area contributed by atoms with E-state index in [0.717, 1.165) is 12.1 Å². The minimum atomic E-state index is -0.946. The second kappa shape index (κ2) is 5.53. The van der Waals surface area contributed by atoms with Crippen molar-refractivity contribution in [1.82, 2.24) is 14.5 Å². The van der Waals surface area contributed by atoms with Crippen LogP contribution in [0.2, 0.25) is 0 Å². The molecule has 0 spiro atoms. The maximum Gasteiger partial charge on any atom is 0.161 e. The van der Waals surface area contributed by atoms with Gasteiger partial charge in [-0.1, -0.05) is 6.07 Å². The number of fused-ring (bicyclic) bond motifs is 1. The van der Waals surface area contributed by atoms with Crippen molar-refractivity contribution in [2.45, 2.75) is 13.5 Å². The highest BCUT2D eigenvalue weighted by molar-refractivity contribution is 5.80. The van der Waals surface area contributed by atoms with Gasteiger partial charge in [0.2, 0.25) is 0 Å². The summed E-state index contributed by atoms with van der Waals surface area (Å²) >= 11 is 0. The smallest absolute Gasteiger partial charge is 0.161 e. The Morgan fingerprint density at radius 3 is 2.73 bits per heavy atom. The molecular formula is C16H12F2N4. The average molecular weight is 298 g/mol. The second-order valence-electron chi connectivity index (χ2n) is 5.05. The molecule has 0 aliphatic heterocycles. The molecule has 6 heteroatoms. The number of nitriles is 1. The summed E-state index contributed by atoms with van der Waals surface area (Å²) in [5.74, 6) is -1.69. The summed E-state index contributed by atoms with van der Waals surface area (Å²) in [6.45, 7) is 2.08. The lowest BCUT2D eigenvalue weighted by molar-refractivity contribution is 0.509. The Kier molecular flexibility index (Phi) is 3.55. The zero-order valence-electron chi connectivity index (χ0n) is 11.8. The molecule has 0 bridgehead atoms. The van der Waals surface area contributed by atoms with Gasteiger partial charge in [0.1, 0.15) is 5.69 Å². The van der Waals surface area contributed by atoms with Crippen LogP contribution < -0.4 is 0 Å². The number of hydrogen-bond acceptors (Lipinski definition) is 3. The van der Waals surface area contributed by atoms with Gasteiger partial charge in [0.25, 0.3) is 0 Å². The summed E-state index contributed by atoms with van der Waals surface area (Å²) in [7, 11) is 0. The average Bonchev–Trinajstić information content (AvgIpc) is 2.86. The number of nitrogens with zero attached hydrogens (tertiary/aromatic N) is 4. The third-order valence-electron chi connectivity index (χ3n) is 3.36. The zero-order valence-corrected chi connectivity index (χ0v) is 11.8. The molecule has 2 aromatic heterocycles. The molecule has 0 amide bonds. The fourth-order valence-electron chi connectivity index (χ4n) is 2.31. The van der Waals surface area contributed by atoms with Crippen molar-refractivity contribution >= 4 is 11.0 Å². The van der Waals surface area contributed by atoms with Crippen LogP contribution in [-0.4, -0.2) is 14.5 Å². The molecule has 0 N–H and O–H groups in total. The van der Waals surface area contributed by atoms with Crippen LogP contribution in [0.15, 0.2) is 36.5 Å². The van der Waals surface area contributed by atoms with Crippen molar-refractivity contribution in [3.63, 3.8) is 0 Å². The van der Waals surface area contributed by atoms with Gasteiger partial charge >= 0.3 is 0 Å². The van der Waals surface area contributed by atoms with E-state index < -0.39 is 11.6 Å². The van der Waals surface area contributed by atoms with Crippen LogP contribution in [0.4, 0.5) is 8.78 Å². The Morgan fingerprint density at radius 1 is 1.27 bits per heavy atom. The van der Waals surface area contributed by atoms with Crippen LogP contribution in [0, 0.1) is 28.9 Å². The van der Waals surface area contributed by atoms with Gasteiger partial charge in [-0.15, -0.1) is 0 Å². The fourth-order valence-corrected chi connectivity index (χ4v) is 2.31. The van der Waals surface area contributed by atoms with Crippen LogP contribution in [0.25, 0.3) is 22.6 Å². The predicted octanol–water partition coefficient (Wildman–Crippen LogP) is 3.54. The van der Waals surface area contributed by atoms with E-state index in [1.54, 1.807) is 35.9 Å². The highest BCUT2D eigenvalue weighted by Gasteiger charge is 2.17. The number of aromatic nitrogens is 3. The fraction of sp³-hybridized carbons (Fsp3) is 0.188. The van der Waals surface area contributed by atoms with Crippen molar-refractivity contribution in [2.24, 2.45) is 5.92 Å². The molecule has 0 radical (unpaired) electrons. The SMILES string of the molecule is CC(C#N)Cn1c(-c2ccccn2)nc2cc(F)c(F)cc21. The Bertz CT molecular complexity index is 865. The van der Waals surface area contributed by atoms with E-state index in [2.05, 4.69) is 16.0 Å². The van der Waals surface area contributed by atoms with E-state index in [9.17, 15) is 8.78 Å². The monoisotopic (exact) mass is 298 g/mol.